The summed E-state index contributed by atoms with van der Waals surface area (Å²) in [5.74, 6) is 0.299. The van der Waals surface area contributed by atoms with Crippen LogP contribution in [0, 0.1) is 0 Å². The zero-order valence-corrected chi connectivity index (χ0v) is 22.1. The van der Waals surface area contributed by atoms with Crippen molar-refractivity contribution in [2.75, 3.05) is 6.61 Å². The standard InChI is InChI=1S/C21H28O3.C14H10/c22-21(23)16-7-5-3-1-2-4-6-10-17-24-20-15-11-13-18-12-8-9-14-19(18)20;1-2-6-12-10-14-8-4-3-7-13(14)9-11(12)5-1/h8-9,11-15H,1-7,10,16-17H2,(H,22,23);1-10H. The number of aliphatic carboxylic acids is 1. The molecule has 1 N–H and O–H groups in total. The summed E-state index contributed by atoms with van der Waals surface area (Å²) in [6.07, 6.45) is 9.28. The predicted octanol–water partition coefficient (Wildman–Crippen LogP) is 9.81. The molecule has 0 saturated heterocycles. The van der Waals surface area contributed by atoms with Gasteiger partial charge in [-0.2, -0.15) is 0 Å². The Morgan fingerprint density at radius 3 is 1.53 bits per heavy atom. The zero-order chi connectivity index (χ0) is 26.4. The number of rotatable bonds is 12. The molecule has 0 saturated carbocycles. The fourth-order valence-corrected chi connectivity index (χ4v) is 4.83. The molecule has 0 spiro atoms. The average molecular weight is 507 g/mol. The summed E-state index contributed by atoms with van der Waals surface area (Å²) in [5, 5.41) is 16.2. The van der Waals surface area contributed by atoms with Crippen LogP contribution in [0.4, 0.5) is 0 Å². The topological polar surface area (TPSA) is 46.5 Å². The molecule has 0 aromatic heterocycles. The van der Waals surface area contributed by atoms with Gasteiger partial charge in [-0.05, 0) is 58.0 Å². The molecule has 3 heteroatoms. The van der Waals surface area contributed by atoms with Gasteiger partial charge in [-0.3, -0.25) is 4.79 Å². The van der Waals surface area contributed by atoms with Crippen LogP contribution in [0.1, 0.15) is 57.8 Å². The Bertz CT molecular complexity index is 1330. The van der Waals surface area contributed by atoms with Crippen LogP contribution in [0.2, 0.25) is 0 Å². The number of benzene rings is 5. The first kappa shape index (κ1) is 27.2. The number of carbonyl (C=O) groups is 1. The molecule has 5 aromatic rings. The van der Waals surface area contributed by atoms with E-state index in [1.54, 1.807) is 0 Å². The molecule has 0 fully saturated rings. The van der Waals surface area contributed by atoms with Gasteiger partial charge in [0.15, 0.2) is 0 Å². The van der Waals surface area contributed by atoms with Crippen LogP contribution in [0.3, 0.4) is 0 Å². The van der Waals surface area contributed by atoms with E-state index in [2.05, 4.69) is 78.9 Å². The molecule has 3 nitrogen and oxygen atoms in total. The van der Waals surface area contributed by atoms with E-state index in [0.29, 0.717) is 6.42 Å². The van der Waals surface area contributed by atoms with E-state index in [4.69, 9.17) is 9.84 Å². The first-order valence-corrected chi connectivity index (χ1v) is 13.9. The predicted molar refractivity (Wildman–Crippen MR) is 160 cm³/mol. The van der Waals surface area contributed by atoms with Crippen LogP contribution in [-0.2, 0) is 4.79 Å². The number of fused-ring (bicyclic) bond motifs is 3. The molecular formula is C35H38O3. The van der Waals surface area contributed by atoms with Gasteiger partial charge < -0.3 is 9.84 Å². The third-order valence-corrected chi connectivity index (χ3v) is 6.91. The molecule has 0 aliphatic carbocycles. The lowest BCUT2D eigenvalue weighted by molar-refractivity contribution is -0.137. The van der Waals surface area contributed by atoms with Gasteiger partial charge in [0, 0.05) is 11.8 Å². The molecule has 196 valence electrons. The van der Waals surface area contributed by atoms with Gasteiger partial charge >= 0.3 is 5.97 Å². The third kappa shape index (κ3) is 8.34. The number of unbranched alkanes of at least 4 members (excludes halogenated alkanes) is 7. The van der Waals surface area contributed by atoms with Crippen molar-refractivity contribution in [2.45, 2.75) is 57.8 Å². The van der Waals surface area contributed by atoms with E-state index < -0.39 is 5.97 Å². The fraction of sp³-hybridized carbons (Fsp3) is 0.286. The van der Waals surface area contributed by atoms with Gasteiger partial charge in [0.05, 0.1) is 6.61 Å². The molecule has 0 atom stereocenters. The van der Waals surface area contributed by atoms with Gasteiger partial charge in [-0.25, -0.2) is 0 Å². The van der Waals surface area contributed by atoms with E-state index in [0.717, 1.165) is 38.0 Å². The van der Waals surface area contributed by atoms with Crippen molar-refractivity contribution < 1.29 is 14.6 Å². The van der Waals surface area contributed by atoms with E-state index in [1.807, 2.05) is 24.3 Å². The normalized spacial score (nSPS) is 10.8. The minimum atomic E-state index is -0.679. The molecule has 0 heterocycles. The number of ether oxygens (including phenoxy) is 1. The summed E-state index contributed by atoms with van der Waals surface area (Å²) in [4.78, 5) is 10.4. The summed E-state index contributed by atoms with van der Waals surface area (Å²) >= 11 is 0. The first-order valence-electron chi connectivity index (χ1n) is 13.9. The van der Waals surface area contributed by atoms with E-state index >= 15 is 0 Å². The molecule has 0 bridgehead atoms. The monoisotopic (exact) mass is 506 g/mol. The molecule has 0 unspecified atom stereocenters. The molecule has 0 amide bonds. The van der Waals surface area contributed by atoms with Crippen molar-refractivity contribution >= 4 is 38.3 Å². The maximum absolute atomic E-state index is 10.4. The Labute approximate surface area is 226 Å². The highest BCUT2D eigenvalue weighted by Gasteiger charge is 2.01. The lowest BCUT2D eigenvalue weighted by Gasteiger charge is -2.09. The largest absolute Gasteiger partial charge is 0.493 e. The fourth-order valence-electron chi connectivity index (χ4n) is 4.83. The van der Waals surface area contributed by atoms with Gasteiger partial charge in [0.2, 0.25) is 0 Å². The van der Waals surface area contributed by atoms with Gasteiger partial charge in [0.1, 0.15) is 5.75 Å². The maximum atomic E-state index is 10.4. The highest BCUT2D eigenvalue weighted by molar-refractivity contribution is 5.98. The van der Waals surface area contributed by atoms with Gasteiger partial charge in [-0.1, -0.05) is 123 Å². The highest BCUT2D eigenvalue weighted by atomic mass is 16.5. The van der Waals surface area contributed by atoms with Crippen molar-refractivity contribution in [1.82, 2.24) is 0 Å². The van der Waals surface area contributed by atoms with Crippen molar-refractivity contribution in [3.63, 3.8) is 0 Å². The summed E-state index contributed by atoms with van der Waals surface area (Å²) in [7, 11) is 0. The molecular weight excluding hydrogens is 468 g/mol. The number of carboxylic acids is 1. The van der Waals surface area contributed by atoms with Crippen LogP contribution in [0.5, 0.6) is 5.75 Å². The maximum Gasteiger partial charge on any atom is 0.303 e. The Hall–Kier alpha value is -3.85. The smallest absolute Gasteiger partial charge is 0.303 e. The van der Waals surface area contributed by atoms with Crippen LogP contribution in [-0.4, -0.2) is 17.7 Å². The average Bonchev–Trinajstić information content (AvgIpc) is 2.95. The Balaban J connectivity index is 0.000000201. The lowest BCUT2D eigenvalue weighted by Crippen LogP contribution is -1.98. The Morgan fingerprint density at radius 1 is 0.526 bits per heavy atom. The molecule has 0 aliphatic rings. The number of carboxylic acid groups (broad SMARTS) is 1. The number of hydrogen-bond donors (Lipinski definition) is 1. The van der Waals surface area contributed by atoms with Crippen molar-refractivity contribution in [3.8, 4) is 5.75 Å². The van der Waals surface area contributed by atoms with E-state index in [-0.39, 0.29) is 0 Å². The van der Waals surface area contributed by atoms with Crippen molar-refractivity contribution in [1.29, 1.82) is 0 Å². The molecule has 0 aliphatic heterocycles. The molecule has 5 rings (SSSR count). The Kier molecular flexibility index (Phi) is 10.6. The van der Waals surface area contributed by atoms with Crippen molar-refractivity contribution in [2.24, 2.45) is 0 Å². The van der Waals surface area contributed by atoms with Crippen LogP contribution in [0.15, 0.2) is 103 Å². The summed E-state index contributed by atoms with van der Waals surface area (Å²) in [6, 6.07) is 35.9. The van der Waals surface area contributed by atoms with Crippen LogP contribution in [0.25, 0.3) is 32.3 Å². The zero-order valence-electron chi connectivity index (χ0n) is 22.1. The molecule has 5 aromatic carbocycles. The van der Waals surface area contributed by atoms with E-state index in [9.17, 15) is 4.79 Å². The second kappa shape index (κ2) is 14.8. The minimum Gasteiger partial charge on any atom is -0.493 e. The molecule has 38 heavy (non-hydrogen) atoms. The van der Waals surface area contributed by atoms with E-state index in [1.165, 1.54) is 58.0 Å². The second-order valence-electron chi connectivity index (χ2n) is 9.84. The summed E-state index contributed by atoms with van der Waals surface area (Å²) in [6.45, 7) is 0.770. The minimum absolute atomic E-state index is 0.311. The SMILES string of the molecule is O=C(O)CCCCCCCCCCOc1cccc2ccccc12.c1ccc2cc3ccccc3cc2c1. The molecule has 0 radical (unpaired) electrons. The number of hydrogen-bond acceptors (Lipinski definition) is 2. The highest BCUT2D eigenvalue weighted by Crippen LogP contribution is 2.25. The van der Waals surface area contributed by atoms with Crippen molar-refractivity contribution in [3.05, 3.63) is 103 Å². The van der Waals surface area contributed by atoms with Gasteiger partial charge in [0.25, 0.3) is 0 Å². The van der Waals surface area contributed by atoms with Gasteiger partial charge in [-0.15, -0.1) is 0 Å². The summed E-state index contributed by atoms with van der Waals surface area (Å²) in [5.41, 5.74) is 0. The third-order valence-electron chi connectivity index (χ3n) is 6.91. The Morgan fingerprint density at radius 2 is 0.974 bits per heavy atom. The second-order valence-corrected chi connectivity index (χ2v) is 9.84. The first-order chi connectivity index (χ1) is 18.7. The van der Waals surface area contributed by atoms with Crippen LogP contribution >= 0.6 is 0 Å². The quantitative estimate of drug-likeness (QED) is 0.135. The van der Waals surface area contributed by atoms with Crippen LogP contribution < -0.4 is 4.74 Å². The summed E-state index contributed by atoms with van der Waals surface area (Å²) < 4.78 is 5.95. The lowest BCUT2D eigenvalue weighted by atomic mass is 10.0.